The zero-order valence-corrected chi connectivity index (χ0v) is 17.2. The lowest BCUT2D eigenvalue weighted by atomic mass is 10.2. The van der Waals surface area contributed by atoms with Crippen LogP contribution >= 0.6 is 11.3 Å². The van der Waals surface area contributed by atoms with Gasteiger partial charge in [0.05, 0.1) is 24.0 Å². The Morgan fingerprint density at radius 2 is 1.97 bits per heavy atom. The summed E-state index contributed by atoms with van der Waals surface area (Å²) in [5.74, 6) is -0.383. The number of fused-ring (bicyclic) bond motifs is 1. The van der Waals surface area contributed by atoms with Crippen LogP contribution in [0.15, 0.2) is 35.5 Å². The molecule has 9 heteroatoms. The minimum absolute atomic E-state index is 0.0953. The summed E-state index contributed by atoms with van der Waals surface area (Å²) in [6.07, 6.45) is 3.89. The van der Waals surface area contributed by atoms with Gasteiger partial charge in [0.2, 0.25) is 11.8 Å². The summed E-state index contributed by atoms with van der Waals surface area (Å²) in [4.78, 5) is 46.8. The Bertz CT molecular complexity index is 1070. The lowest BCUT2D eigenvalue weighted by Crippen LogP contribution is -2.33. The van der Waals surface area contributed by atoms with Crippen LogP contribution in [0.1, 0.15) is 29.0 Å². The molecule has 0 saturated carbocycles. The standard InChI is InChI=1S/C20H23N5O3S/c1-13-14(2)29-19-18(13)20(28)25(12-24-19)11-17(27)22-9-5-7-16(26)23-10-15-6-3-4-8-21-15/h3-4,6,8,12H,5,7,9-11H2,1-2H3,(H,22,27)(H,23,26). The van der Waals surface area contributed by atoms with Gasteiger partial charge in [0.15, 0.2) is 0 Å². The second kappa shape index (κ2) is 9.42. The molecule has 0 atom stereocenters. The van der Waals surface area contributed by atoms with Gasteiger partial charge in [-0.05, 0) is 38.0 Å². The molecule has 8 nitrogen and oxygen atoms in total. The van der Waals surface area contributed by atoms with Crippen LogP contribution in [-0.2, 0) is 22.7 Å². The number of hydrogen-bond donors (Lipinski definition) is 2. The van der Waals surface area contributed by atoms with Gasteiger partial charge in [-0.3, -0.25) is 23.9 Å². The van der Waals surface area contributed by atoms with Crippen LogP contribution in [0.3, 0.4) is 0 Å². The van der Waals surface area contributed by atoms with Crippen molar-refractivity contribution in [2.45, 2.75) is 39.8 Å². The highest BCUT2D eigenvalue weighted by molar-refractivity contribution is 7.18. The molecular formula is C20H23N5O3S. The van der Waals surface area contributed by atoms with Gasteiger partial charge in [-0.2, -0.15) is 0 Å². The van der Waals surface area contributed by atoms with Crippen LogP contribution in [0.2, 0.25) is 0 Å². The molecule has 0 aliphatic carbocycles. The first-order valence-electron chi connectivity index (χ1n) is 9.34. The molecule has 3 heterocycles. The van der Waals surface area contributed by atoms with Gasteiger partial charge in [-0.1, -0.05) is 6.07 Å². The zero-order chi connectivity index (χ0) is 20.8. The lowest BCUT2D eigenvalue weighted by Gasteiger charge is -2.08. The first kappa shape index (κ1) is 20.7. The highest BCUT2D eigenvalue weighted by Crippen LogP contribution is 2.25. The van der Waals surface area contributed by atoms with Gasteiger partial charge in [0.25, 0.3) is 5.56 Å². The van der Waals surface area contributed by atoms with Crippen LogP contribution in [0.4, 0.5) is 0 Å². The summed E-state index contributed by atoms with van der Waals surface area (Å²) in [5.41, 5.74) is 1.50. The number of carbonyl (C=O) groups excluding carboxylic acids is 2. The molecule has 0 fully saturated rings. The smallest absolute Gasteiger partial charge is 0.262 e. The second-order valence-corrected chi connectivity index (χ2v) is 7.90. The number of carbonyl (C=O) groups is 2. The molecule has 0 bridgehead atoms. The Kier molecular flexibility index (Phi) is 6.71. The van der Waals surface area contributed by atoms with Gasteiger partial charge >= 0.3 is 0 Å². The van der Waals surface area contributed by atoms with E-state index in [2.05, 4.69) is 20.6 Å². The number of hydrogen-bond acceptors (Lipinski definition) is 6. The van der Waals surface area contributed by atoms with Crippen molar-refractivity contribution in [1.82, 2.24) is 25.2 Å². The maximum Gasteiger partial charge on any atom is 0.262 e. The number of nitrogens with one attached hydrogen (secondary N) is 2. The van der Waals surface area contributed by atoms with Gasteiger partial charge in [-0.15, -0.1) is 11.3 Å². The average molecular weight is 414 g/mol. The third-order valence-electron chi connectivity index (χ3n) is 4.57. The summed E-state index contributed by atoms with van der Waals surface area (Å²) >= 11 is 1.48. The number of pyridine rings is 1. The van der Waals surface area contributed by atoms with Crippen LogP contribution in [0, 0.1) is 13.8 Å². The summed E-state index contributed by atoms with van der Waals surface area (Å²) in [5, 5.41) is 6.11. The van der Waals surface area contributed by atoms with E-state index >= 15 is 0 Å². The fourth-order valence-corrected chi connectivity index (χ4v) is 3.84. The molecule has 3 aromatic heterocycles. The normalized spacial score (nSPS) is 10.8. The number of rotatable bonds is 8. The maximum atomic E-state index is 12.6. The van der Waals surface area contributed by atoms with E-state index in [1.165, 1.54) is 22.2 Å². The number of aryl methyl sites for hydroxylation is 2. The van der Waals surface area contributed by atoms with Crippen molar-refractivity contribution in [3.05, 3.63) is 57.2 Å². The second-order valence-electron chi connectivity index (χ2n) is 6.69. The molecule has 0 aliphatic rings. The fourth-order valence-electron chi connectivity index (χ4n) is 2.85. The highest BCUT2D eigenvalue weighted by Gasteiger charge is 2.13. The van der Waals surface area contributed by atoms with Gasteiger partial charge in [0, 0.05) is 24.0 Å². The monoisotopic (exact) mass is 413 g/mol. The van der Waals surface area contributed by atoms with Crippen LogP contribution in [0.5, 0.6) is 0 Å². The van der Waals surface area contributed by atoms with E-state index < -0.39 is 0 Å². The molecule has 29 heavy (non-hydrogen) atoms. The van der Waals surface area contributed by atoms with Crippen molar-refractivity contribution in [2.75, 3.05) is 6.54 Å². The summed E-state index contributed by atoms with van der Waals surface area (Å²) in [7, 11) is 0. The molecule has 3 rings (SSSR count). The van der Waals surface area contributed by atoms with Crippen LogP contribution in [-0.4, -0.2) is 32.9 Å². The fraction of sp³-hybridized carbons (Fsp3) is 0.350. The largest absolute Gasteiger partial charge is 0.355 e. The third kappa shape index (κ3) is 5.26. The van der Waals surface area contributed by atoms with Gasteiger partial charge in [-0.25, -0.2) is 4.98 Å². The molecule has 2 N–H and O–H groups in total. The Hall–Kier alpha value is -3.07. The molecule has 0 aromatic carbocycles. The minimum Gasteiger partial charge on any atom is -0.355 e. The Morgan fingerprint density at radius 1 is 1.14 bits per heavy atom. The topological polar surface area (TPSA) is 106 Å². The molecule has 0 aliphatic heterocycles. The molecule has 2 amide bonds. The van der Waals surface area contributed by atoms with Crippen molar-refractivity contribution in [3.8, 4) is 0 Å². The SMILES string of the molecule is Cc1sc2ncn(CC(=O)NCCCC(=O)NCc3ccccn3)c(=O)c2c1C. The number of amides is 2. The van der Waals surface area contributed by atoms with Crippen LogP contribution in [0.25, 0.3) is 10.2 Å². The molecule has 0 radical (unpaired) electrons. The van der Waals surface area contributed by atoms with Crippen molar-refractivity contribution in [2.24, 2.45) is 0 Å². The summed E-state index contributed by atoms with van der Waals surface area (Å²) in [6.45, 7) is 4.48. The van der Waals surface area contributed by atoms with E-state index in [1.807, 2.05) is 32.0 Å². The van der Waals surface area contributed by atoms with E-state index in [0.29, 0.717) is 36.1 Å². The van der Waals surface area contributed by atoms with E-state index in [1.54, 1.807) is 6.20 Å². The van der Waals surface area contributed by atoms with Gasteiger partial charge in [0.1, 0.15) is 11.4 Å². The van der Waals surface area contributed by atoms with E-state index in [0.717, 1.165) is 16.1 Å². The predicted molar refractivity (Wildman–Crippen MR) is 112 cm³/mol. The quantitative estimate of drug-likeness (QED) is 0.547. The maximum absolute atomic E-state index is 12.6. The molecule has 0 unspecified atom stereocenters. The molecule has 152 valence electrons. The first-order chi connectivity index (χ1) is 14.0. The van der Waals surface area contributed by atoms with E-state index in [4.69, 9.17) is 0 Å². The van der Waals surface area contributed by atoms with Crippen LogP contribution < -0.4 is 16.2 Å². The predicted octanol–water partition coefficient (Wildman–Crippen LogP) is 1.68. The highest BCUT2D eigenvalue weighted by atomic mass is 32.1. The van der Waals surface area contributed by atoms with Crippen molar-refractivity contribution < 1.29 is 9.59 Å². The average Bonchev–Trinajstić information content (AvgIpc) is 3.01. The number of thiophene rings is 1. The molecule has 0 spiro atoms. The minimum atomic E-state index is -0.285. The number of aromatic nitrogens is 3. The molecular weight excluding hydrogens is 390 g/mol. The third-order valence-corrected chi connectivity index (χ3v) is 5.68. The lowest BCUT2D eigenvalue weighted by molar-refractivity contribution is -0.123. The molecule has 3 aromatic rings. The van der Waals surface area contributed by atoms with Gasteiger partial charge < -0.3 is 10.6 Å². The summed E-state index contributed by atoms with van der Waals surface area (Å²) in [6, 6.07) is 5.52. The van der Waals surface area contributed by atoms with E-state index in [9.17, 15) is 14.4 Å². The van der Waals surface area contributed by atoms with Crippen molar-refractivity contribution in [3.63, 3.8) is 0 Å². The van der Waals surface area contributed by atoms with Crippen molar-refractivity contribution >= 4 is 33.4 Å². The Balaban J connectivity index is 1.43. The number of nitrogens with zero attached hydrogens (tertiary/aromatic N) is 3. The zero-order valence-electron chi connectivity index (χ0n) is 16.4. The Labute approximate surface area is 172 Å². The van der Waals surface area contributed by atoms with E-state index in [-0.39, 0.29) is 23.9 Å². The molecule has 0 saturated heterocycles. The Morgan fingerprint density at radius 3 is 2.72 bits per heavy atom. The van der Waals surface area contributed by atoms with Crippen molar-refractivity contribution in [1.29, 1.82) is 0 Å². The first-order valence-corrected chi connectivity index (χ1v) is 10.2. The summed E-state index contributed by atoms with van der Waals surface area (Å²) < 4.78 is 1.32.